The van der Waals surface area contributed by atoms with E-state index in [4.69, 9.17) is 5.73 Å². The second-order valence-corrected chi connectivity index (χ2v) is 10.2. The van der Waals surface area contributed by atoms with Crippen molar-refractivity contribution in [3.05, 3.63) is 11.6 Å². The van der Waals surface area contributed by atoms with Crippen molar-refractivity contribution in [2.75, 3.05) is 6.54 Å². The van der Waals surface area contributed by atoms with Crippen LogP contribution < -0.4 is 5.73 Å². The molecule has 0 heterocycles. The number of ketones is 1. The maximum atomic E-state index is 12.5. The highest BCUT2D eigenvalue weighted by Crippen LogP contribution is 2.65. The molecule has 0 saturated heterocycles. The van der Waals surface area contributed by atoms with Crippen molar-refractivity contribution in [2.24, 2.45) is 40.2 Å². The third-order valence-corrected chi connectivity index (χ3v) is 9.08. The van der Waals surface area contributed by atoms with E-state index in [0.29, 0.717) is 29.5 Å². The lowest BCUT2D eigenvalue weighted by atomic mass is 9.45. The van der Waals surface area contributed by atoms with Gasteiger partial charge in [-0.15, -0.1) is 0 Å². The molecule has 26 heavy (non-hydrogen) atoms. The largest absolute Gasteiger partial charge is 0.393 e. The SMILES string of the molecule is C[C@]12CC=C(CCCCN)CC1[C@@H](O)CC1C2CC[C@]2(C)C(=O)CCC12. The van der Waals surface area contributed by atoms with E-state index in [1.54, 1.807) is 5.57 Å². The zero-order chi connectivity index (χ0) is 18.5. The molecular weight excluding hydrogens is 322 g/mol. The van der Waals surface area contributed by atoms with Crippen LogP contribution in [0, 0.1) is 34.5 Å². The summed E-state index contributed by atoms with van der Waals surface area (Å²) in [7, 11) is 0. The van der Waals surface area contributed by atoms with Gasteiger partial charge in [0.15, 0.2) is 0 Å². The average Bonchev–Trinajstić information content (AvgIpc) is 2.92. The first kappa shape index (κ1) is 18.7. The first-order valence-electron chi connectivity index (χ1n) is 11.0. The second-order valence-electron chi connectivity index (χ2n) is 10.2. The Hall–Kier alpha value is -0.670. The summed E-state index contributed by atoms with van der Waals surface area (Å²) in [5.41, 5.74) is 7.32. The van der Waals surface area contributed by atoms with Crippen LogP contribution in [0.3, 0.4) is 0 Å². The smallest absolute Gasteiger partial charge is 0.139 e. The fourth-order valence-electron chi connectivity index (χ4n) is 7.47. The van der Waals surface area contributed by atoms with Crippen molar-refractivity contribution in [1.29, 1.82) is 0 Å². The molecule has 7 atom stereocenters. The zero-order valence-electron chi connectivity index (χ0n) is 16.7. The molecule has 0 aromatic rings. The summed E-state index contributed by atoms with van der Waals surface area (Å²) in [6, 6.07) is 0. The molecule has 0 spiro atoms. The van der Waals surface area contributed by atoms with E-state index in [1.807, 2.05) is 0 Å². The predicted octanol–water partition coefficient (Wildman–Crippen LogP) is 4.23. The van der Waals surface area contributed by atoms with Gasteiger partial charge in [0.2, 0.25) is 0 Å². The number of allylic oxidation sites excluding steroid dienone is 2. The number of unbranched alkanes of at least 4 members (excludes halogenated alkanes) is 1. The average molecular weight is 360 g/mol. The number of carbonyl (C=O) groups excluding carboxylic acids is 1. The Balaban J connectivity index is 1.56. The topological polar surface area (TPSA) is 63.3 Å². The summed E-state index contributed by atoms with van der Waals surface area (Å²) in [5.74, 6) is 2.64. The highest BCUT2D eigenvalue weighted by Gasteiger charge is 2.61. The maximum absolute atomic E-state index is 12.5. The molecule has 0 bridgehead atoms. The Morgan fingerprint density at radius 2 is 2.00 bits per heavy atom. The van der Waals surface area contributed by atoms with Crippen molar-refractivity contribution in [2.45, 2.75) is 84.2 Å². The molecule has 0 aromatic carbocycles. The van der Waals surface area contributed by atoms with Gasteiger partial charge in [-0.05, 0) is 93.4 Å². The van der Waals surface area contributed by atoms with Gasteiger partial charge < -0.3 is 10.8 Å². The molecule has 0 aromatic heterocycles. The molecule has 4 aliphatic carbocycles. The quantitative estimate of drug-likeness (QED) is 0.583. The van der Waals surface area contributed by atoms with Gasteiger partial charge in [0, 0.05) is 11.8 Å². The molecule has 0 amide bonds. The van der Waals surface area contributed by atoms with E-state index in [1.165, 1.54) is 12.8 Å². The molecule has 0 radical (unpaired) electrons. The molecule has 4 unspecified atom stereocenters. The van der Waals surface area contributed by atoms with Crippen molar-refractivity contribution >= 4 is 5.78 Å². The van der Waals surface area contributed by atoms with Crippen molar-refractivity contribution in [3.63, 3.8) is 0 Å². The summed E-state index contributed by atoms with van der Waals surface area (Å²) >= 11 is 0. The molecule has 3 fully saturated rings. The molecule has 4 aliphatic rings. The van der Waals surface area contributed by atoms with E-state index in [0.717, 1.165) is 57.9 Å². The standard InChI is InChI=1S/C23H37NO2/c1-22-10-8-15(5-3-4-12-24)13-19(22)20(25)14-16-17-6-7-21(26)23(17,2)11-9-18(16)22/h8,16-20,25H,3-7,9-14,24H2,1-2H3/t16?,17?,18?,19?,20-,22+,23-/m0/s1. The van der Waals surface area contributed by atoms with Crippen LogP contribution in [0.1, 0.15) is 78.1 Å². The van der Waals surface area contributed by atoms with Gasteiger partial charge in [0.05, 0.1) is 6.10 Å². The van der Waals surface area contributed by atoms with Gasteiger partial charge >= 0.3 is 0 Å². The molecular formula is C23H37NO2. The Labute approximate surface area is 158 Å². The van der Waals surface area contributed by atoms with Crippen LogP contribution in [0.15, 0.2) is 11.6 Å². The van der Waals surface area contributed by atoms with Crippen LogP contribution in [-0.2, 0) is 4.79 Å². The number of aliphatic hydroxyl groups excluding tert-OH is 1. The van der Waals surface area contributed by atoms with Crippen LogP contribution in [0.25, 0.3) is 0 Å². The maximum Gasteiger partial charge on any atom is 0.139 e. The summed E-state index contributed by atoms with van der Waals surface area (Å²) in [5, 5.41) is 11.1. The zero-order valence-corrected chi connectivity index (χ0v) is 16.7. The second kappa shape index (κ2) is 6.74. The molecule has 0 aliphatic heterocycles. The highest BCUT2D eigenvalue weighted by atomic mass is 16.3. The Morgan fingerprint density at radius 3 is 2.77 bits per heavy atom. The predicted molar refractivity (Wildman–Crippen MR) is 104 cm³/mol. The summed E-state index contributed by atoms with van der Waals surface area (Å²) < 4.78 is 0. The van der Waals surface area contributed by atoms with Crippen LogP contribution >= 0.6 is 0 Å². The molecule has 3 heteroatoms. The van der Waals surface area contributed by atoms with E-state index in [-0.39, 0.29) is 16.9 Å². The lowest BCUT2D eigenvalue weighted by molar-refractivity contribution is -0.151. The van der Waals surface area contributed by atoms with Crippen LogP contribution in [0.5, 0.6) is 0 Å². The molecule has 3 N–H and O–H groups in total. The first-order chi connectivity index (χ1) is 12.4. The summed E-state index contributed by atoms with van der Waals surface area (Å²) in [6.07, 6.45) is 12.9. The van der Waals surface area contributed by atoms with E-state index < -0.39 is 0 Å². The third-order valence-electron chi connectivity index (χ3n) is 9.08. The van der Waals surface area contributed by atoms with Gasteiger partial charge in [-0.2, -0.15) is 0 Å². The normalized spacial score (nSPS) is 47.8. The summed E-state index contributed by atoms with van der Waals surface area (Å²) in [4.78, 5) is 12.5. The van der Waals surface area contributed by atoms with E-state index in [2.05, 4.69) is 19.9 Å². The molecule has 4 rings (SSSR count). The number of nitrogens with two attached hydrogens (primary N) is 1. The number of rotatable bonds is 4. The highest BCUT2D eigenvalue weighted by molar-refractivity contribution is 5.87. The van der Waals surface area contributed by atoms with E-state index >= 15 is 0 Å². The van der Waals surface area contributed by atoms with Crippen LogP contribution in [0.4, 0.5) is 0 Å². The summed E-state index contributed by atoms with van der Waals surface area (Å²) in [6.45, 7) is 5.45. The monoisotopic (exact) mass is 359 g/mol. The first-order valence-corrected chi connectivity index (χ1v) is 11.0. The Bertz CT molecular complexity index is 599. The minimum atomic E-state index is -0.197. The number of aliphatic hydroxyl groups is 1. The van der Waals surface area contributed by atoms with Crippen molar-refractivity contribution < 1.29 is 9.90 Å². The molecule has 146 valence electrons. The third kappa shape index (κ3) is 2.73. The van der Waals surface area contributed by atoms with Crippen LogP contribution in [-0.4, -0.2) is 23.5 Å². The lowest BCUT2D eigenvalue weighted by Gasteiger charge is -2.60. The number of hydrogen-bond acceptors (Lipinski definition) is 3. The molecule has 3 saturated carbocycles. The van der Waals surface area contributed by atoms with Crippen LogP contribution in [0.2, 0.25) is 0 Å². The van der Waals surface area contributed by atoms with Gasteiger partial charge in [-0.25, -0.2) is 0 Å². The van der Waals surface area contributed by atoms with Gasteiger partial charge in [-0.3, -0.25) is 4.79 Å². The minimum absolute atomic E-state index is 0.0953. The number of fused-ring (bicyclic) bond motifs is 5. The fourth-order valence-corrected chi connectivity index (χ4v) is 7.47. The number of Topliss-reactive ketones (excluding diaryl/α,β-unsaturated/α-hetero) is 1. The Kier molecular flexibility index (Phi) is 4.84. The molecule has 3 nitrogen and oxygen atoms in total. The van der Waals surface area contributed by atoms with Gasteiger partial charge in [0.1, 0.15) is 5.78 Å². The lowest BCUT2D eigenvalue weighted by Crippen LogP contribution is -2.56. The minimum Gasteiger partial charge on any atom is -0.393 e. The number of hydrogen-bond donors (Lipinski definition) is 2. The van der Waals surface area contributed by atoms with E-state index in [9.17, 15) is 9.90 Å². The fraction of sp³-hybridized carbons (Fsp3) is 0.870. The Morgan fingerprint density at radius 1 is 1.19 bits per heavy atom. The van der Waals surface area contributed by atoms with Gasteiger partial charge in [0.25, 0.3) is 0 Å². The van der Waals surface area contributed by atoms with Crippen molar-refractivity contribution in [3.8, 4) is 0 Å². The van der Waals surface area contributed by atoms with Crippen molar-refractivity contribution in [1.82, 2.24) is 0 Å². The number of carbonyl (C=O) groups is 1. The van der Waals surface area contributed by atoms with Gasteiger partial charge in [-0.1, -0.05) is 25.5 Å².